The van der Waals surface area contributed by atoms with E-state index < -0.39 is 6.36 Å². The Morgan fingerprint density at radius 2 is 1.90 bits per heavy atom. The van der Waals surface area contributed by atoms with E-state index in [1.54, 1.807) is 18.3 Å². The lowest BCUT2D eigenvalue weighted by Gasteiger charge is -2.11. The summed E-state index contributed by atoms with van der Waals surface area (Å²) in [5.41, 5.74) is 7.16. The molecule has 0 saturated carbocycles. The number of nitrogens with one attached hydrogen (secondary N) is 1. The normalized spacial score (nSPS) is 11.7. The monoisotopic (exact) mass is 525 g/mol. The Labute approximate surface area is 184 Å². The number of halogens is 4. The van der Waals surface area contributed by atoms with Gasteiger partial charge in [0.1, 0.15) is 12.4 Å². The van der Waals surface area contributed by atoms with E-state index in [0.29, 0.717) is 24.7 Å². The van der Waals surface area contributed by atoms with Gasteiger partial charge in [-0.3, -0.25) is 0 Å². The van der Waals surface area contributed by atoms with Crippen LogP contribution in [0.4, 0.5) is 18.9 Å². The van der Waals surface area contributed by atoms with Crippen LogP contribution in [-0.4, -0.2) is 49.5 Å². The maximum absolute atomic E-state index is 12.2. The van der Waals surface area contributed by atoms with E-state index >= 15 is 0 Å². The summed E-state index contributed by atoms with van der Waals surface area (Å²) in [6, 6.07) is 8.75. The summed E-state index contributed by atoms with van der Waals surface area (Å²) in [6.45, 7) is 1.58. The first kappa shape index (κ1) is 24.8. The molecule has 0 atom stereocenters. The number of nitrogens with zero attached hydrogens (tertiary/aromatic N) is 3. The molecule has 0 spiro atoms. The van der Waals surface area contributed by atoms with Crippen molar-refractivity contribution in [3.8, 4) is 11.6 Å². The molecule has 0 fully saturated rings. The first-order valence-corrected chi connectivity index (χ1v) is 8.36. The number of likely N-dealkylation sites (N-methyl/N-ethyl adjacent to an activating group) is 1. The maximum atomic E-state index is 12.2. The topological polar surface area (TPSA) is 85.0 Å². The molecule has 0 amide bonds. The van der Waals surface area contributed by atoms with Crippen LogP contribution < -0.4 is 20.5 Å². The lowest BCUT2D eigenvalue weighted by Crippen LogP contribution is -2.22. The lowest BCUT2D eigenvalue weighted by molar-refractivity contribution is -0.274. The van der Waals surface area contributed by atoms with Crippen molar-refractivity contribution in [2.24, 2.45) is 10.7 Å². The Kier molecular flexibility index (Phi) is 9.95. The summed E-state index contributed by atoms with van der Waals surface area (Å²) >= 11 is 0. The molecule has 11 heteroatoms. The molecular weight excluding hydrogens is 502 g/mol. The highest BCUT2D eigenvalue weighted by Gasteiger charge is 2.30. The Bertz CT molecular complexity index is 786. The van der Waals surface area contributed by atoms with Crippen LogP contribution in [-0.2, 0) is 6.54 Å². The number of ether oxygens (including phenoxy) is 2. The summed E-state index contributed by atoms with van der Waals surface area (Å²) in [6.07, 6.45) is -3.10. The molecule has 3 N–H and O–H groups in total. The SMILES string of the molecule is CN(C)CCOc1cc(CN=C(N)Nc2ccc(OC(F)(F)F)cc2)ccn1.I. The molecule has 2 rings (SSSR count). The molecule has 2 aromatic rings. The van der Waals surface area contributed by atoms with E-state index in [1.807, 2.05) is 19.0 Å². The third-order valence-electron chi connectivity index (χ3n) is 3.38. The Hall–Kier alpha value is -2.28. The van der Waals surface area contributed by atoms with Gasteiger partial charge in [-0.05, 0) is 50.0 Å². The van der Waals surface area contributed by atoms with Crippen molar-refractivity contribution < 1.29 is 22.6 Å². The second kappa shape index (κ2) is 11.7. The van der Waals surface area contributed by atoms with Crippen molar-refractivity contribution >= 4 is 35.6 Å². The van der Waals surface area contributed by atoms with Gasteiger partial charge in [0, 0.05) is 24.5 Å². The first-order chi connectivity index (χ1) is 13.2. The molecule has 0 aliphatic heterocycles. The number of hydrogen-bond acceptors (Lipinski definition) is 5. The quantitative estimate of drug-likeness (QED) is 0.312. The lowest BCUT2D eigenvalue weighted by atomic mass is 10.3. The van der Waals surface area contributed by atoms with Crippen molar-refractivity contribution in [2.75, 3.05) is 32.6 Å². The molecule has 0 aliphatic carbocycles. The zero-order valence-corrected chi connectivity index (χ0v) is 18.3. The van der Waals surface area contributed by atoms with Crippen LogP contribution in [0.3, 0.4) is 0 Å². The predicted molar refractivity (Wildman–Crippen MR) is 116 cm³/mol. The summed E-state index contributed by atoms with van der Waals surface area (Å²) in [7, 11) is 3.91. The fourth-order valence-corrected chi connectivity index (χ4v) is 2.06. The third-order valence-corrected chi connectivity index (χ3v) is 3.38. The molecule has 1 heterocycles. The third kappa shape index (κ3) is 10.2. The smallest absolute Gasteiger partial charge is 0.476 e. The summed E-state index contributed by atoms with van der Waals surface area (Å²) < 4.78 is 45.8. The zero-order chi connectivity index (χ0) is 20.6. The van der Waals surface area contributed by atoms with Crippen LogP contribution in [0, 0.1) is 0 Å². The van der Waals surface area contributed by atoms with Gasteiger partial charge in [0.25, 0.3) is 0 Å². The van der Waals surface area contributed by atoms with Crippen molar-refractivity contribution in [3.05, 3.63) is 48.2 Å². The molecule has 0 radical (unpaired) electrons. The number of benzene rings is 1. The molecule has 7 nitrogen and oxygen atoms in total. The number of nitrogens with two attached hydrogens (primary N) is 1. The molecule has 0 aliphatic rings. The van der Waals surface area contributed by atoms with Gasteiger partial charge in [-0.25, -0.2) is 9.98 Å². The Balaban J connectivity index is 0.00000420. The van der Waals surface area contributed by atoms with Gasteiger partial charge in [-0.15, -0.1) is 37.1 Å². The molecular formula is C18H23F3IN5O2. The van der Waals surface area contributed by atoms with Crippen molar-refractivity contribution in [1.29, 1.82) is 0 Å². The summed E-state index contributed by atoms with van der Waals surface area (Å²) in [5.74, 6) is 0.310. The second-order valence-electron chi connectivity index (χ2n) is 6.05. The van der Waals surface area contributed by atoms with Crippen molar-refractivity contribution in [3.63, 3.8) is 0 Å². The molecule has 160 valence electrons. The fraction of sp³-hybridized carbons (Fsp3) is 0.333. The number of anilines is 1. The number of pyridine rings is 1. The van der Waals surface area contributed by atoms with Crippen molar-refractivity contribution in [2.45, 2.75) is 12.9 Å². The van der Waals surface area contributed by atoms with E-state index in [0.717, 1.165) is 12.1 Å². The van der Waals surface area contributed by atoms with Crippen LogP contribution >= 0.6 is 24.0 Å². The minimum absolute atomic E-state index is 0. The molecule has 0 unspecified atom stereocenters. The highest BCUT2D eigenvalue weighted by molar-refractivity contribution is 14.0. The fourth-order valence-electron chi connectivity index (χ4n) is 2.06. The van der Waals surface area contributed by atoms with Gasteiger partial charge in [-0.1, -0.05) is 0 Å². The number of aliphatic imine (C=N–C) groups is 1. The Morgan fingerprint density at radius 1 is 1.21 bits per heavy atom. The minimum Gasteiger partial charge on any atom is -0.476 e. The van der Waals surface area contributed by atoms with Gasteiger partial charge in [0.2, 0.25) is 5.88 Å². The van der Waals surface area contributed by atoms with Crippen LogP contribution in [0.1, 0.15) is 5.56 Å². The summed E-state index contributed by atoms with van der Waals surface area (Å²) in [5, 5.41) is 2.80. The number of rotatable bonds is 8. The number of aromatic nitrogens is 1. The van der Waals surface area contributed by atoms with E-state index in [2.05, 4.69) is 20.0 Å². The van der Waals surface area contributed by atoms with E-state index in [-0.39, 0.29) is 35.7 Å². The number of guanidine groups is 1. The van der Waals surface area contributed by atoms with Crippen LogP contribution in [0.2, 0.25) is 0 Å². The highest BCUT2D eigenvalue weighted by Crippen LogP contribution is 2.23. The van der Waals surface area contributed by atoms with E-state index in [1.165, 1.54) is 24.3 Å². The van der Waals surface area contributed by atoms with Crippen LogP contribution in [0.15, 0.2) is 47.6 Å². The van der Waals surface area contributed by atoms with Gasteiger partial charge >= 0.3 is 6.36 Å². The average molecular weight is 525 g/mol. The minimum atomic E-state index is -4.73. The van der Waals surface area contributed by atoms with E-state index in [4.69, 9.17) is 10.5 Å². The largest absolute Gasteiger partial charge is 0.573 e. The van der Waals surface area contributed by atoms with Crippen LogP contribution in [0.5, 0.6) is 11.6 Å². The van der Waals surface area contributed by atoms with Gasteiger partial charge in [0.05, 0.1) is 6.54 Å². The molecule has 0 bridgehead atoms. The molecule has 29 heavy (non-hydrogen) atoms. The predicted octanol–water partition coefficient (Wildman–Crippen LogP) is 3.47. The average Bonchev–Trinajstić information content (AvgIpc) is 2.60. The first-order valence-electron chi connectivity index (χ1n) is 8.36. The van der Waals surface area contributed by atoms with Crippen molar-refractivity contribution in [1.82, 2.24) is 9.88 Å². The summed E-state index contributed by atoms with van der Waals surface area (Å²) in [4.78, 5) is 10.3. The van der Waals surface area contributed by atoms with Gasteiger partial charge < -0.3 is 25.4 Å². The zero-order valence-electron chi connectivity index (χ0n) is 15.9. The number of alkyl halides is 3. The standard InChI is InChI=1S/C18H22F3N5O2.HI/c1-26(2)9-10-27-16-11-13(7-8-23-16)12-24-17(22)25-14-3-5-15(6-4-14)28-18(19,20)21;/h3-8,11H,9-10,12H2,1-2H3,(H3,22,24,25);1H. The number of hydrogen-bond donors (Lipinski definition) is 2. The van der Waals surface area contributed by atoms with E-state index in [9.17, 15) is 13.2 Å². The van der Waals surface area contributed by atoms with Gasteiger partial charge in [-0.2, -0.15) is 0 Å². The van der Waals surface area contributed by atoms with Gasteiger partial charge in [0.15, 0.2) is 5.96 Å². The highest BCUT2D eigenvalue weighted by atomic mass is 127. The molecule has 0 saturated heterocycles. The Morgan fingerprint density at radius 3 is 2.52 bits per heavy atom. The molecule has 1 aromatic carbocycles. The van der Waals surface area contributed by atoms with Crippen LogP contribution in [0.25, 0.3) is 0 Å². The maximum Gasteiger partial charge on any atom is 0.573 e. The second-order valence-corrected chi connectivity index (χ2v) is 6.05. The molecule has 1 aromatic heterocycles.